The highest BCUT2D eigenvalue weighted by Gasteiger charge is 2.32. The van der Waals surface area contributed by atoms with Crippen LogP contribution in [0.1, 0.15) is 28.7 Å². The molecule has 13 heteroatoms. The first-order valence-corrected chi connectivity index (χ1v) is 14.7. The van der Waals surface area contributed by atoms with E-state index < -0.39 is 16.1 Å². The van der Waals surface area contributed by atoms with Crippen molar-refractivity contribution in [2.45, 2.75) is 31.0 Å². The predicted octanol–water partition coefficient (Wildman–Crippen LogP) is 3.13. The molecule has 0 bridgehead atoms. The molecule has 3 aromatic rings. The third kappa shape index (κ3) is 6.98. The Morgan fingerprint density at radius 1 is 1.10 bits per heavy atom. The van der Waals surface area contributed by atoms with Crippen LogP contribution in [-0.2, 0) is 14.8 Å². The van der Waals surface area contributed by atoms with Gasteiger partial charge in [0.15, 0.2) is 9.34 Å². The maximum atomic E-state index is 13.2. The van der Waals surface area contributed by atoms with Gasteiger partial charge in [-0.25, -0.2) is 18.2 Å². The van der Waals surface area contributed by atoms with E-state index in [1.807, 2.05) is 44.2 Å². The van der Waals surface area contributed by atoms with Crippen molar-refractivity contribution in [3.8, 4) is 11.1 Å². The fourth-order valence-electron chi connectivity index (χ4n) is 4.30. The topological polar surface area (TPSA) is 134 Å². The molecule has 11 nitrogen and oxygen atoms in total. The van der Waals surface area contributed by atoms with Crippen LogP contribution >= 0.6 is 11.3 Å². The number of carbonyl (C=O) groups is 2. The Morgan fingerprint density at radius 2 is 1.85 bits per heavy atom. The third-order valence-electron chi connectivity index (χ3n) is 6.33. The van der Waals surface area contributed by atoms with E-state index in [9.17, 15) is 18.0 Å². The van der Waals surface area contributed by atoms with Gasteiger partial charge in [-0.15, -0.1) is 0 Å². The predicted molar refractivity (Wildman–Crippen MR) is 149 cm³/mol. The van der Waals surface area contributed by atoms with Crippen molar-refractivity contribution in [2.75, 3.05) is 45.2 Å². The number of sulfonamides is 1. The SMILES string of the molecule is COC(=O)Nc1nc(C)c(S(=O)(=O)N2CCN(CC(C)NC(=O)c3cccc(-c4ccc(C)nc4)c3)CC2)s1. The zero-order valence-electron chi connectivity index (χ0n) is 22.3. The molecule has 2 N–H and O–H groups in total. The van der Waals surface area contributed by atoms with E-state index in [0.29, 0.717) is 44.0 Å². The number of nitrogens with zero attached hydrogens (tertiary/aromatic N) is 4. The number of hydrogen-bond donors (Lipinski definition) is 2. The molecule has 208 valence electrons. The van der Waals surface area contributed by atoms with Crippen LogP contribution in [0.25, 0.3) is 11.1 Å². The summed E-state index contributed by atoms with van der Waals surface area (Å²) in [6.07, 6.45) is 1.09. The minimum atomic E-state index is -3.75. The summed E-state index contributed by atoms with van der Waals surface area (Å²) >= 11 is 0.903. The Balaban J connectivity index is 1.31. The van der Waals surface area contributed by atoms with Gasteiger partial charge in [-0.1, -0.05) is 29.5 Å². The monoisotopic (exact) mass is 572 g/mol. The number of anilines is 1. The normalized spacial score (nSPS) is 15.5. The van der Waals surface area contributed by atoms with Crippen molar-refractivity contribution >= 4 is 38.5 Å². The maximum absolute atomic E-state index is 13.2. The molecular weight excluding hydrogens is 540 g/mol. The molecule has 2 amide bonds. The molecule has 1 aliphatic heterocycles. The van der Waals surface area contributed by atoms with Gasteiger partial charge in [-0.3, -0.25) is 20.0 Å². The number of pyridine rings is 1. The number of benzene rings is 1. The number of piperazine rings is 1. The molecule has 0 radical (unpaired) electrons. The highest BCUT2D eigenvalue weighted by Crippen LogP contribution is 2.30. The van der Waals surface area contributed by atoms with Crippen molar-refractivity contribution in [1.82, 2.24) is 24.5 Å². The van der Waals surface area contributed by atoms with Crippen LogP contribution in [-0.4, -0.2) is 85.5 Å². The summed E-state index contributed by atoms with van der Waals surface area (Å²) in [5.74, 6) is -0.164. The van der Waals surface area contributed by atoms with Crippen LogP contribution in [0.4, 0.5) is 9.93 Å². The van der Waals surface area contributed by atoms with Gasteiger partial charge in [0.25, 0.3) is 15.9 Å². The largest absolute Gasteiger partial charge is 0.453 e. The average Bonchev–Trinajstić information content (AvgIpc) is 3.29. The lowest BCUT2D eigenvalue weighted by atomic mass is 10.0. The highest BCUT2D eigenvalue weighted by molar-refractivity contribution is 7.91. The molecule has 2 aromatic heterocycles. The van der Waals surface area contributed by atoms with Crippen molar-refractivity contribution in [1.29, 1.82) is 0 Å². The Morgan fingerprint density at radius 3 is 2.51 bits per heavy atom. The van der Waals surface area contributed by atoms with E-state index in [1.54, 1.807) is 19.2 Å². The molecule has 1 atom stereocenters. The standard InChI is InChI=1S/C26H32N6O5S2/c1-17-8-9-22(15-27-17)20-6-5-7-21(14-20)23(33)28-18(2)16-31-10-12-32(13-11-31)39(35,36)24-19(3)29-25(38-24)30-26(34)37-4/h5-9,14-15,18H,10-13,16H2,1-4H3,(H,28,33)(H,29,30,34). The quantitative estimate of drug-likeness (QED) is 0.421. The number of ether oxygens (including phenoxy) is 1. The van der Waals surface area contributed by atoms with E-state index in [2.05, 4.69) is 30.2 Å². The molecule has 0 aliphatic carbocycles. The Labute approximate surface area is 232 Å². The van der Waals surface area contributed by atoms with Gasteiger partial charge in [0.1, 0.15) is 0 Å². The molecule has 0 spiro atoms. The number of aryl methyl sites for hydroxylation is 2. The molecule has 4 rings (SSSR count). The second-order valence-electron chi connectivity index (χ2n) is 9.36. The van der Waals surface area contributed by atoms with Crippen LogP contribution in [0.15, 0.2) is 46.8 Å². The number of hydrogen-bond acceptors (Lipinski definition) is 9. The first-order valence-electron chi connectivity index (χ1n) is 12.5. The highest BCUT2D eigenvalue weighted by atomic mass is 32.2. The summed E-state index contributed by atoms with van der Waals surface area (Å²) in [6.45, 7) is 7.73. The first kappa shape index (κ1) is 28.6. The Hall–Kier alpha value is -3.39. The summed E-state index contributed by atoms with van der Waals surface area (Å²) in [6, 6.07) is 11.2. The van der Waals surface area contributed by atoms with Crippen LogP contribution < -0.4 is 10.6 Å². The summed E-state index contributed by atoms with van der Waals surface area (Å²) in [5.41, 5.74) is 3.69. The molecule has 1 unspecified atom stereocenters. The summed E-state index contributed by atoms with van der Waals surface area (Å²) in [5, 5.41) is 5.63. The van der Waals surface area contributed by atoms with E-state index in [-0.39, 0.29) is 21.3 Å². The van der Waals surface area contributed by atoms with Gasteiger partial charge >= 0.3 is 6.09 Å². The summed E-state index contributed by atoms with van der Waals surface area (Å²) < 4.78 is 32.5. The maximum Gasteiger partial charge on any atom is 0.413 e. The molecule has 1 aromatic carbocycles. The molecule has 1 aliphatic rings. The van der Waals surface area contributed by atoms with E-state index in [4.69, 9.17) is 0 Å². The van der Waals surface area contributed by atoms with Gasteiger partial charge in [-0.2, -0.15) is 4.31 Å². The minimum absolute atomic E-state index is 0.103. The molecule has 1 fully saturated rings. The number of nitrogens with one attached hydrogen (secondary N) is 2. The van der Waals surface area contributed by atoms with E-state index >= 15 is 0 Å². The zero-order chi connectivity index (χ0) is 28.2. The molecule has 0 saturated carbocycles. The summed E-state index contributed by atoms with van der Waals surface area (Å²) in [7, 11) is -2.53. The fraction of sp³-hybridized carbons (Fsp3) is 0.385. The van der Waals surface area contributed by atoms with Crippen LogP contribution in [0.5, 0.6) is 0 Å². The molecule has 39 heavy (non-hydrogen) atoms. The van der Waals surface area contributed by atoms with E-state index in [0.717, 1.165) is 28.2 Å². The zero-order valence-corrected chi connectivity index (χ0v) is 23.9. The fourth-order valence-corrected chi connectivity index (χ4v) is 7.26. The van der Waals surface area contributed by atoms with Crippen LogP contribution in [0.2, 0.25) is 0 Å². The van der Waals surface area contributed by atoms with Crippen molar-refractivity contribution in [3.63, 3.8) is 0 Å². The molecular formula is C26H32N6O5S2. The Bertz CT molecular complexity index is 1430. The third-order valence-corrected chi connectivity index (χ3v) is 9.89. The van der Waals surface area contributed by atoms with Crippen molar-refractivity contribution in [3.05, 3.63) is 59.5 Å². The number of thiazole rings is 1. The second kappa shape index (κ2) is 12.2. The lowest BCUT2D eigenvalue weighted by molar-refractivity contribution is 0.0922. The van der Waals surface area contributed by atoms with Gasteiger partial charge in [0.2, 0.25) is 0 Å². The Kier molecular flexibility index (Phi) is 8.95. The average molecular weight is 573 g/mol. The lowest BCUT2D eigenvalue weighted by Gasteiger charge is -2.35. The van der Waals surface area contributed by atoms with Crippen molar-refractivity contribution < 1.29 is 22.7 Å². The van der Waals surface area contributed by atoms with Gasteiger partial charge in [0, 0.05) is 61.8 Å². The van der Waals surface area contributed by atoms with Gasteiger partial charge in [-0.05, 0) is 44.5 Å². The number of amides is 2. The van der Waals surface area contributed by atoms with Gasteiger partial charge in [0.05, 0.1) is 12.8 Å². The lowest BCUT2D eigenvalue weighted by Crippen LogP contribution is -2.52. The smallest absolute Gasteiger partial charge is 0.413 e. The number of methoxy groups -OCH3 is 1. The first-order chi connectivity index (χ1) is 18.6. The summed E-state index contributed by atoms with van der Waals surface area (Å²) in [4.78, 5) is 35.0. The number of rotatable bonds is 8. The van der Waals surface area contributed by atoms with Crippen LogP contribution in [0, 0.1) is 13.8 Å². The molecule has 3 heterocycles. The van der Waals surface area contributed by atoms with Crippen LogP contribution in [0.3, 0.4) is 0 Å². The van der Waals surface area contributed by atoms with Gasteiger partial charge < -0.3 is 10.1 Å². The molecule has 1 saturated heterocycles. The number of aromatic nitrogens is 2. The van der Waals surface area contributed by atoms with E-state index in [1.165, 1.54) is 11.4 Å². The minimum Gasteiger partial charge on any atom is -0.453 e. The van der Waals surface area contributed by atoms with Crippen molar-refractivity contribution in [2.24, 2.45) is 0 Å². The second-order valence-corrected chi connectivity index (χ2v) is 12.5. The number of carbonyl (C=O) groups excluding carboxylic acids is 2.